The van der Waals surface area contributed by atoms with E-state index in [2.05, 4.69) is 25.7 Å². The van der Waals surface area contributed by atoms with E-state index in [9.17, 15) is 13.6 Å². The van der Waals surface area contributed by atoms with Gasteiger partial charge in [-0.3, -0.25) is 15.5 Å². The minimum Gasteiger partial charge on any atom is -0.357 e. The van der Waals surface area contributed by atoms with Crippen molar-refractivity contribution in [3.8, 4) is 5.69 Å². The number of tetrazole rings is 1. The third-order valence-corrected chi connectivity index (χ3v) is 6.45. The fourth-order valence-electron chi connectivity index (χ4n) is 4.41. The molecular weight excluding hydrogens is 484 g/mol. The highest BCUT2D eigenvalue weighted by Crippen LogP contribution is 2.24. The summed E-state index contributed by atoms with van der Waals surface area (Å²) in [5.41, 5.74) is 0.205. The van der Waals surface area contributed by atoms with Crippen molar-refractivity contribution in [3.63, 3.8) is 0 Å². The number of likely N-dealkylation sites (tertiary alicyclic amines) is 1. The Morgan fingerprint density at radius 1 is 1.08 bits per heavy atom. The molecule has 1 aliphatic rings. The molecule has 2 heterocycles. The van der Waals surface area contributed by atoms with Gasteiger partial charge in [0.05, 0.1) is 12.3 Å². The molecule has 0 atom stereocenters. The molecule has 10 nitrogen and oxygen atoms in total. The predicted molar refractivity (Wildman–Crippen MR) is 131 cm³/mol. The molecule has 5 rings (SSSR count). The number of nitrogens with one attached hydrogen (secondary N) is 2. The van der Waals surface area contributed by atoms with E-state index in [0.29, 0.717) is 24.0 Å². The van der Waals surface area contributed by atoms with Gasteiger partial charge in [-0.1, -0.05) is 24.3 Å². The summed E-state index contributed by atoms with van der Waals surface area (Å²) in [6.07, 6.45) is 1.48. The van der Waals surface area contributed by atoms with Crippen LogP contribution in [0, 0.1) is 23.0 Å². The fraction of sp³-hybridized carbons (Fsp3) is 0.240. The van der Waals surface area contributed by atoms with Crippen molar-refractivity contribution in [1.29, 1.82) is 5.41 Å². The van der Waals surface area contributed by atoms with Gasteiger partial charge in [0.1, 0.15) is 23.2 Å². The number of benzene rings is 3. The Morgan fingerprint density at radius 2 is 1.81 bits per heavy atom. The van der Waals surface area contributed by atoms with Crippen LogP contribution in [-0.4, -0.2) is 61.8 Å². The number of carbonyl (C=O) groups excluding carboxylic acids is 1. The third-order valence-electron chi connectivity index (χ3n) is 6.45. The number of hydrogen-bond donors (Lipinski definition) is 3. The van der Waals surface area contributed by atoms with Crippen molar-refractivity contribution in [2.45, 2.75) is 12.8 Å². The highest BCUT2D eigenvalue weighted by Gasteiger charge is 2.24. The van der Waals surface area contributed by atoms with Gasteiger partial charge in [-0.25, -0.2) is 13.7 Å². The molecule has 1 amide bonds. The number of carbonyl (C=O) groups is 1. The Balaban J connectivity index is 1.32. The molecule has 1 saturated heterocycles. The molecule has 0 spiro atoms. The Hall–Kier alpha value is -4.29. The average Bonchev–Trinajstić information content (AvgIpc) is 3.39. The quantitative estimate of drug-likeness (QED) is 0.156. The number of rotatable bonds is 6. The first-order valence-corrected chi connectivity index (χ1v) is 11.6. The van der Waals surface area contributed by atoms with E-state index in [1.54, 1.807) is 24.3 Å². The second-order valence-electron chi connectivity index (χ2n) is 8.79. The van der Waals surface area contributed by atoms with E-state index in [1.807, 2.05) is 4.90 Å². The number of nitrogens with zero attached hydrogens (tertiary/aromatic N) is 5. The number of aromatic nitrogens is 4. The molecule has 0 unspecified atom stereocenters. The molecule has 0 bridgehead atoms. The summed E-state index contributed by atoms with van der Waals surface area (Å²) in [7, 11) is 0. The summed E-state index contributed by atoms with van der Waals surface area (Å²) in [6, 6.07) is 14.1. The van der Waals surface area contributed by atoms with Gasteiger partial charge in [0.2, 0.25) is 5.82 Å². The number of amides is 1. The van der Waals surface area contributed by atoms with Crippen LogP contribution in [0.15, 0.2) is 54.6 Å². The number of piperidine rings is 1. The summed E-state index contributed by atoms with van der Waals surface area (Å²) in [5.74, 6) is -2.14. The number of fused-ring (bicyclic) bond motifs is 1. The van der Waals surface area contributed by atoms with E-state index < -0.39 is 17.5 Å². The lowest BCUT2D eigenvalue weighted by atomic mass is 9.97. The fourth-order valence-corrected chi connectivity index (χ4v) is 4.41. The monoisotopic (exact) mass is 507 g/mol. The third kappa shape index (κ3) is 5.01. The minimum absolute atomic E-state index is 0.0209. The maximum Gasteiger partial charge on any atom is 0.295 e. The van der Waals surface area contributed by atoms with Crippen LogP contribution in [-0.2, 0) is 4.89 Å². The number of anilines is 1. The van der Waals surface area contributed by atoms with Crippen LogP contribution in [0.2, 0.25) is 0 Å². The second kappa shape index (κ2) is 10.4. The van der Waals surface area contributed by atoms with Gasteiger partial charge >= 0.3 is 0 Å². The zero-order chi connectivity index (χ0) is 25.9. The maximum absolute atomic E-state index is 14.9. The first kappa shape index (κ1) is 24.4. The van der Waals surface area contributed by atoms with Crippen molar-refractivity contribution >= 4 is 28.2 Å². The number of amidine groups is 1. The van der Waals surface area contributed by atoms with E-state index in [0.717, 1.165) is 22.9 Å². The molecule has 1 aromatic heterocycles. The van der Waals surface area contributed by atoms with Gasteiger partial charge in [-0.15, -0.1) is 5.10 Å². The van der Waals surface area contributed by atoms with Crippen molar-refractivity contribution in [2.75, 3.05) is 25.0 Å². The maximum atomic E-state index is 14.9. The molecule has 0 radical (unpaired) electrons. The molecule has 0 saturated carbocycles. The molecule has 12 heteroatoms. The van der Waals surface area contributed by atoms with Crippen LogP contribution in [0.4, 0.5) is 14.5 Å². The predicted octanol–water partition coefficient (Wildman–Crippen LogP) is 3.87. The Morgan fingerprint density at radius 3 is 2.51 bits per heavy atom. The minimum atomic E-state index is -0.826. The van der Waals surface area contributed by atoms with Crippen LogP contribution in [0.1, 0.15) is 29.0 Å². The summed E-state index contributed by atoms with van der Waals surface area (Å²) >= 11 is 0. The Bertz CT molecular complexity index is 1470. The van der Waals surface area contributed by atoms with Crippen LogP contribution in [0.5, 0.6) is 0 Å². The standard InChI is InChI=1S/C25H23F2N7O3/c26-19-12-18(23(28)33-9-7-15(8-10-33)14-37-36)5-6-21(19)29-25(35)24-30-31-32-34(24)22-13-17-4-2-1-3-16(17)11-20(22)27/h1-6,11-13,15,28,36H,7-10,14H2,(H,29,35). The van der Waals surface area contributed by atoms with Gasteiger partial charge in [0, 0.05) is 18.7 Å². The molecule has 190 valence electrons. The highest BCUT2D eigenvalue weighted by molar-refractivity contribution is 6.03. The molecule has 0 aliphatic carbocycles. The van der Waals surface area contributed by atoms with Crippen molar-refractivity contribution in [2.24, 2.45) is 5.92 Å². The normalized spacial score (nSPS) is 14.2. The van der Waals surface area contributed by atoms with E-state index in [1.165, 1.54) is 30.3 Å². The Labute approximate surface area is 209 Å². The molecule has 1 fully saturated rings. The number of hydrogen-bond acceptors (Lipinski definition) is 7. The zero-order valence-corrected chi connectivity index (χ0v) is 19.6. The first-order chi connectivity index (χ1) is 17.9. The van der Waals surface area contributed by atoms with Crippen LogP contribution >= 0.6 is 0 Å². The number of halogens is 2. The molecule has 4 aromatic rings. The second-order valence-corrected chi connectivity index (χ2v) is 8.79. The summed E-state index contributed by atoms with van der Waals surface area (Å²) in [4.78, 5) is 18.9. The largest absolute Gasteiger partial charge is 0.357 e. The molecule has 1 aliphatic heterocycles. The average molecular weight is 508 g/mol. The molecule has 3 N–H and O–H groups in total. The lowest BCUT2D eigenvalue weighted by Gasteiger charge is -2.33. The Kier molecular flexibility index (Phi) is 6.84. The summed E-state index contributed by atoms with van der Waals surface area (Å²) in [6.45, 7) is 1.42. The molecule has 3 aromatic carbocycles. The van der Waals surface area contributed by atoms with Crippen molar-refractivity contribution in [3.05, 3.63) is 77.6 Å². The van der Waals surface area contributed by atoms with Crippen LogP contribution in [0.25, 0.3) is 16.5 Å². The van der Waals surface area contributed by atoms with Crippen molar-refractivity contribution in [1.82, 2.24) is 25.1 Å². The smallest absolute Gasteiger partial charge is 0.295 e. The van der Waals surface area contributed by atoms with E-state index >= 15 is 0 Å². The molecule has 37 heavy (non-hydrogen) atoms. The van der Waals surface area contributed by atoms with Crippen LogP contribution < -0.4 is 5.32 Å². The van der Waals surface area contributed by atoms with Gasteiger partial charge in [0.25, 0.3) is 5.91 Å². The summed E-state index contributed by atoms with van der Waals surface area (Å²) in [5, 5.41) is 31.8. The highest BCUT2D eigenvalue weighted by atomic mass is 19.1. The van der Waals surface area contributed by atoms with E-state index in [-0.39, 0.29) is 35.6 Å². The van der Waals surface area contributed by atoms with Gasteiger partial charge in [0.15, 0.2) is 0 Å². The molecular formula is C25H23F2N7O3. The topological polar surface area (TPSA) is 129 Å². The SMILES string of the molecule is N=C(c1ccc(NC(=O)c2nnnn2-c2cc3ccccc3cc2F)c(F)c1)N1CCC(COO)CC1. The summed E-state index contributed by atoms with van der Waals surface area (Å²) < 4.78 is 30.7. The van der Waals surface area contributed by atoms with Crippen molar-refractivity contribution < 1.29 is 23.7 Å². The first-order valence-electron chi connectivity index (χ1n) is 11.6. The lowest BCUT2D eigenvalue weighted by Crippen LogP contribution is -2.39. The zero-order valence-electron chi connectivity index (χ0n) is 19.6. The van der Waals surface area contributed by atoms with Gasteiger partial charge < -0.3 is 10.2 Å². The van der Waals surface area contributed by atoms with Gasteiger partial charge in [-0.05, 0) is 70.3 Å². The lowest BCUT2D eigenvalue weighted by molar-refractivity contribution is -0.252. The van der Waals surface area contributed by atoms with Crippen LogP contribution in [0.3, 0.4) is 0 Å². The van der Waals surface area contributed by atoms with Gasteiger partial charge in [-0.2, -0.15) is 4.68 Å². The van der Waals surface area contributed by atoms with E-state index in [4.69, 9.17) is 10.7 Å².